The first-order chi connectivity index (χ1) is 6.76. The number of alkyl halides is 1. The molecule has 14 heavy (non-hydrogen) atoms. The molecule has 0 saturated carbocycles. The van der Waals surface area contributed by atoms with Crippen LogP contribution in [-0.2, 0) is 11.3 Å². The number of benzene rings is 1. The summed E-state index contributed by atoms with van der Waals surface area (Å²) in [7, 11) is 0. The van der Waals surface area contributed by atoms with E-state index in [1.807, 2.05) is 24.3 Å². The van der Waals surface area contributed by atoms with E-state index < -0.39 is 0 Å². The maximum absolute atomic E-state index is 11.2. The van der Waals surface area contributed by atoms with Crippen molar-refractivity contribution >= 4 is 23.2 Å². The highest BCUT2D eigenvalue weighted by molar-refractivity contribution is 6.19. The van der Waals surface area contributed by atoms with Crippen LogP contribution in [0.4, 0.5) is 5.69 Å². The van der Waals surface area contributed by atoms with Crippen LogP contribution in [0.1, 0.15) is 12.0 Å². The van der Waals surface area contributed by atoms with Crippen LogP contribution < -0.4 is 11.1 Å². The van der Waals surface area contributed by atoms with Crippen LogP contribution in [-0.4, -0.2) is 11.8 Å². The summed E-state index contributed by atoms with van der Waals surface area (Å²) >= 11 is 5.44. The third-order valence-electron chi connectivity index (χ3n) is 1.77. The fourth-order valence-corrected chi connectivity index (χ4v) is 1.26. The Balaban J connectivity index is 2.62. The van der Waals surface area contributed by atoms with Crippen LogP contribution in [0.5, 0.6) is 0 Å². The third-order valence-corrected chi connectivity index (χ3v) is 1.96. The molecule has 76 valence electrons. The van der Waals surface area contributed by atoms with E-state index >= 15 is 0 Å². The molecule has 0 bridgehead atoms. The van der Waals surface area contributed by atoms with Gasteiger partial charge in [0.15, 0.2) is 0 Å². The Kier molecular flexibility index (Phi) is 4.43. The van der Waals surface area contributed by atoms with Crippen LogP contribution in [0.2, 0.25) is 0 Å². The summed E-state index contributed by atoms with van der Waals surface area (Å²) in [6, 6.07) is 7.45. The van der Waals surface area contributed by atoms with Gasteiger partial charge in [0.05, 0.1) is 0 Å². The Morgan fingerprint density at radius 1 is 1.50 bits per heavy atom. The number of amides is 1. The highest BCUT2D eigenvalue weighted by Gasteiger charge is 2.00. The number of halogens is 1. The van der Waals surface area contributed by atoms with Gasteiger partial charge in [-0.3, -0.25) is 4.79 Å². The van der Waals surface area contributed by atoms with E-state index in [4.69, 9.17) is 17.3 Å². The first kappa shape index (κ1) is 11.0. The number of hydrogen-bond acceptors (Lipinski definition) is 2. The minimum atomic E-state index is -0.0748. The number of carbonyl (C=O) groups excluding carboxylic acids is 1. The fraction of sp³-hybridized carbons (Fsp3) is 0.300. The van der Waals surface area contributed by atoms with Gasteiger partial charge >= 0.3 is 0 Å². The molecule has 0 radical (unpaired) electrons. The molecule has 0 aliphatic carbocycles. The largest absolute Gasteiger partial charge is 0.326 e. The molecule has 1 amide bonds. The van der Waals surface area contributed by atoms with Gasteiger partial charge < -0.3 is 11.1 Å². The predicted molar refractivity (Wildman–Crippen MR) is 58.3 cm³/mol. The maximum atomic E-state index is 11.2. The number of hydrogen-bond donors (Lipinski definition) is 2. The van der Waals surface area contributed by atoms with Gasteiger partial charge in [0, 0.05) is 24.5 Å². The Labute approximate surface area is 88.2 Å². The van der Waals surface area contributed by atoms with Crippen molar-refractivity contribution in [2.45, 2.75) is 13.0 Å². The number of nitrogens with two attached hydrogens (primary N) is 1. The van der Waals surface area contributed by atoms with Crippen molar-refractivity contribution in [2.24, 2.45) is 5.73 Å². The third kappa shape index (κ3) is 3.36. The van der Waals surface area contributed by atoms with Crippen LogP contribution in [0.3, 0.4) is 0 Å². The molecule has 4 heteroatoms. The Hall–Kier alpha value is -1.06. The van der Waals surface area contributed by atoms with Crippen LogP contribution in [0, 0.1) is 0 Å². The zero-order chi connectivity index (χ0) is 10.4. The molecule has 3 nitrogen and oxygen atoms in total. The van der Waals surface area contributed by atoms with Gasteiger partial charge in [0.2, 0.25) is 5.91 Å². The van der Waals surface area contributed by atoms with E-state index in [0.29, 0.717) is 18.8 Å². The molecule has 0 unspecified atom stereocenters. The van der Waals surface area contributed by atoms with Gasteiger partial charge in [0.25, 0.3) is 0 Å². The number of nitrogens with one attached hydrogen (secondary N) is 1. The van der Waals surface area contributed by atoms with E-state index in [1.54, 1.807) is 0 Å². The predicted octanol–water partition coefficient (Wildman–Crippen LogP) is 1.71. The van der Waals surface area contributed by atoms with Crippen molar-refractivity contribution in [2.75, 3.05) is 11.2 Å². The summed E-state index contributed by atoms with van der Waals surface area (Å²) in [5.74, 6) is 0.261. The highest BCUT2D eigenvalue weighted by atomic mass is 35.5. The van der Waals surface area contributed by atoms with E-state index in [-0.39, 0.29) is 5.91 Å². The average Bonchev–Trinajstić information content (AvgIpc) is 2.18. The second kappa shape index (κ2) is 5.62. The summed E-state index contributed by atoms with van der Waals surface area (Å²) in [6.07, 6.45) is 0.328. The standard InChI is InChI=1S/C10H13ClN2O/c11-5-4-10(14)13-9-3-1-2-8(6-9)7-12/h1-3,6H,4-5,7,12H2,(H,13,14). The van der Waals surface area contributed by atoms with E-state index in [2.05, 4.69) is 5.32 Å². The molecular formula is C10H13ClN2O. The topological polar surface area (TPSA) is 55.1 Å². The van der Waals surface area contributed by atoms with Crippen LogP contribution in [0.15, 0.2) is 24.3 Å². The SMILES string of the molecule is NCc1cccc(NC(=O)CCCl)c1. The lowest BCUT2D eigenvalue weighted by molar-refractivity contribution is -0.115. The zero-order valence-electron chi connectivity index (χ0n) is 7.79. The molecule has 0 aliphatic rings. The van der Waals surface area contributed by atoms with E-state index in [0.717, 1.165) is 11.3 Å². The van der Waals surface area contributed by atoms with Crippen molar-refractivity contribution in [1.82, 2.24) is 0 Å². The first-order valence-corrected chi connectivity index (χ1v) is 4.94. The zero-order valence-corrected chi connectivity index (χ0v) is 8.55. The maximum Gasteiger partial charge on any atom is 0.225 e. The second-order valence-corrected chi connectivity index (χ2v) is 3.27. The molecule has 0 fully saturated rings. The Bertz CT molecular complexity index is 315. The molecule has 0 atom stereocenters. The molecule has 1 rings (SSSR count). The molecule has 1 aromatic rings. The average molecular weight is 213 g/mol. The van der Waals surface area contributed by atoms with Crippen molar-refractivity contribution in [3.63, 3.8) is 0 Å². The van der Waals surface area contributed by atoms with E-state index in [1.165, 1.54) is 0 Å². The van der Waals surface area contributed by atoms with Crippen molar-refractivity contribution in [1.29, 1.82) is 0 Å². The van der Waals surface area contributed by atoms with E-state index in [9.17, 15) is 4.79 Å². The lowest BCUT2D eigenvalue weighted by Crippen LogP contribution is -2.12. The summed E-state index contributed by atoms with van der Waals surface area (Å²) in [5, 5.41) is 2.74. The number of carbonyl (C=O) groups is 1. The summed E-state index contributed by atoms with van der Waals surface area (Å²) in [5.41, 5.74) is 7.24. The Morgan fingerprint density at radius 2 is 2.29 bits per heavy atom. The minimum Gasteiger partial charge on any atom is -0.326 e. The molecule has 3 N–H and O–H groups in total. The van der Waals surface area contributed by atoms with Crippen molar-refractivity contribution in [3.8, 4) is 0 Å². The number of rotatable bonds is 4. The number of anilines is 1. The van der Waals surface area contributed by atoms with Gasteiger partial charge in [0.1, 0.15) is 0 Å². The summed E-state index contributed by atoms with van der Waals surface area (Å²) < 4.78 is 0. The highest BCUT2D eigenvalue weighted by Crippen LogP contribution is 2.10. The molecule has 0 heterocycles. The molecule has 1 aromatic carbocycles. The van der Waals surface area contributed by atoms with Crippen LogP contribution >= 0.6 is 11.6 Å². The minimum absolute atomic E-state index is 0.0748. The summed E-state index contributed by atoms with van der Waals surface area (Å²) in [6.45, 7) is 0.471. The quantitative estimate of drug-likeness (QED) is 0.747. The molecular weight excluding hydrogens is 200 g/mol. The molecule has 0 aromatic heterocycles. The van der Waals surface area contributed by atoms with Crippen molar-refractivity contribution < 1.29 is 4.79 Å². The molecule has 0 spiro atoms. The van der Waals surface area contributed by atoms with Crippen molar-refractivity contribution in [3.05, 3.63) is 29.8 Å². The van der Waals surface area contributed by atoms with Gasteiger partial charge in [-0.2, -0.15) is 0 Å². The first-order valence-electron chi connectivity index (χ1n) is 4.41. The Morgan fingerprint density at radius 3 is 2.93 bits per heavy atom. The monoisotopic (exact) mass is 212 g/mol. The molecule has 0 saturated heterocycles. The normalized spacial score (nSPS) is 9.86. The lowest BCUT2D eigenvalue weighted by atomic mass is 10.2. The van der Waals surface area contributed by atoms with Crippen LogP contribution in [0.25, 0.3) is 0 Å². The van der Waals surface area contributed by atoms with Gasteiger partial charge in [-0.25, -0.2) is 0 Å². The smallest absolute Gasteiger partial charge is 0.225 e. The van der Waals surface area contributed by atoms with Gasteiger partial charge in [-0.1, -0.05) is 12.1 Å². The lowest BCUT2D eigenvalue weighted by Gasteiger charge is -2.05. The second-order valence-electron chi connectivity index (χ2n) is 2.89. The fourth-order valence-electron chi connectivity index (χ4n) is 1.09. The molecule has 0 aliphatic heterocycles. The summed E-state index contributed by atoms with van der Waals surface area (Å²) in [4.78, 5) is 11.2. The van der Waals surface area contributed by atoms with Gasteiger partial charge in [-0.05, 0) is 17.7 Å². The van der Waals surface area contributed by atoms with Gasteiger partial charge in [-0.15, -0.1) is 11.6 Å².